The second kappa shape index (κ2) is 11.1. The Labute approximate surface area is 236 Å². The van der Waals surface area contributed by atoms with Crippen LogP contribution in [0.3, 0.4) is 0 Å². The quantitative estimate of drug-likeness (QED) is 0.171. The molecule has 7 heteroatoms. The Morgan fingerprint density at radius 1 is 0.757 bits per heavy atom. The van der Waals surface area contributed by atoms with E-state index in [4.69, 9.17) is 9.47 Å². The predicted octanol–water partition coefficient (Wildman–Crippen LogP) is 8.80. The normalized spacial score (nSPS) is 16.3. The van der Waals surface area contributed by atoms with E-state index in [1.165, 1.54) is 50.9 Å². The molecule has 5 aromatic rings. The average molecular weight is 579 g/mol. The van der Waals surface area contributed by atoms with Gasteiger partial charge in [-0.05, 0) is 76.3 Å². The molecule has 1 atom stereocenters. The van der Waals surface area contributed by atoms with Crippen molar-refractivity contribution in [1.29, 1.82) is 0 Å². The molecule has 2 nitrogen and oxygen atoms in total. The van der Waals surface area contributed by atoms with Gasteiger partial charge in [0.25, 0.3) is 0 Å². The number of rotatable bonds is 8. The van der Waals surface area contributed by atoms with E-state index >= 15 is 0 Å². The zero-order valence-electron chi connectivity index (χ0n) is 21.1. The Hall–Kier alpha value is -1.84. The van der Waals surface area contributed by atoms with E-state index in [1.54, 1.807) is 11.3 Å². The fraction of sp³-hybridized carbons (Fsp3) is 0.267. The second-order valence-corrected chi connectivity index (χ2v) is 18.7. The third-order valence-electron chi connectivity index (χ3n) is 6.94. The van der Waals surface area contributed by atoms with Gasteiger partial charge in [0.05, 0.1) is 6.61 Å². The molecule has 1 saturated heterocycles. The van der Waals surface area contributed by atoms with Crippen molar-refractivity contribution >= 4 is 63.1 Å². The second-order valence-electron chi connectivity index (χ2n) is 9.86. The van der Waals surface area contributed by atoms with E-state index < -0.39 is 8.07 Å². The first kappa shape index (κ1) is 25.4. The standard InChI is InChI=1S/C30H30O2S4Si/c1-37(2,28-10-4-3-8-21(28)20-32-29-11-5-6-18-31-29)30-17-16-27(36-30)26-15-14-25(35-26)24-13-12-23(34-24)22-9-7-19-33-22/h3-4,7-10,12-17,19,29H,5-6,11,18,20H2,1-2H3. The first-order chi connectivity index (χ1) is 18.1. The zero-order valence-corrected chi connectivity index (χ0v) is 25.3. The van der Waals surface area contributed by atoms with Crippen LogP contribution in [0.4, 0.5) is 0 Å². The van der Waals surface area contributed by atoms with Crippen LogP contribution in [-0.4, -0.2) is 21.0 Å². The highest BCUT2D eigenvalue weighted by Gasteiger charge is 2.30. The summed E-state index contributed by atoms with van der Waals surface area (Å²) in [4.78, 5) is 8.12. The summed E-state index contributed by atoms with van der Waals surface area (Å²) in [5, 5.41) is 3.61. The SMILES string of the molecule is C[Si](C)(c1ccc(-c2ccc(-c3ccc(-c4cccs4)s3)s2)s1)c1ccccc1COC1CCCCO1. The smallest absolute Gasteiger partial charge is 0.158 e. The highest BCUT2D eigenvalue weighted by molar-refractivity contribution is 7.33. The van der Waals surface area contributed by atoms with E-state index in [9.17, 15) is 0 Å². The minimum Gasteiger partial charge on any atom is -0.353 e. The van der Waals surface area contributed by atoms with E-state index in [0.29, 0.717) is 6.61 Å². The maximum atomic E-state index is 6.19. The van der Waals surface area contributed by atoms with Crippen molar-refractivity contribution in [3.05, 3.63) is 83.7 Å². The largest absolute Gasteiger partial charge is 0.353 e. The number of benzene rings is 1. The van der Waals surface area contributed by atoms with Gasteiger partial charge in [0.2, 0.25) is 0 Å². The van der Waals surface area contributed by atoms with E-state index in [2.05, 4.69) is 91.3 Å². The molecule has 190 valence electrons. The van der Waals surface area contributed by atoms with Gasteiger partial charge in [-0.1, -0.05) is 49.5 Å². The molecule has 0 amide bonds. The van der Waals surface area contributed by atoms with Crippen molar-refractivity contribution in [3.63, 3.8) is 0 Å². The molecule has 0 spiro atoms. The highest BCUT2D eigenvalue weighted by atomic mass is 32.1. The van der Waals surface area contributed by atoms with Gasteiger partial charge in [-0.15, -0.1) is 45.3 Å². The van der Waals surface area contributed by atoms with Crippen LogP contribution in [0.15, 0.2) is 78.2 Å². The van der Waals surface area contributed by atoms with Crippen LogP contribution in [0.25, 0.3) is 29.3 Å². The fourth-order valence-corrected chi connectivity index (χ4v) is 12.5. The number of hydrogen-bond donors (Lipinski definition) is 0. The van der Waals surface area contributed by atoms with Crippen molar-refractivity contribution < 1.29 is 9.47 Å². The summed E-state index contributed by atoms with van der Waals surface area (Å²) in [5.74, 6) is 0. The summed E-state index contributed by atoms with van der Waals surface area (Å²) in [6.07, 6.45) is 3.28. The van der Waals surface area contributed by atoms with Gasteiger partial charge in [-0.3, -0.25) is 0 Å². The van der Waals surface area contributed by atoms with Gasteiger partial charge in [-0.2, -0.15) is 0 Å². The van der Waals surface area contributed by atoms with Crippen LogP contribution in [-0.2, 0) is 16.1 Å². The molecule has 0 N–H and O–H groups in total. The fourth-order valence-electron chi connectivity index (χ4n) is 4.84. The molecular formula is C30H30O2S4Si. The minimum atomic E-state index is -1.88. The summed E-state index contributed by atoms with van der Waals surface area (Å²) in [7, 11) is -1.88. The number of hydrogen-bond acceptors (Lipinski definition) is 6. The maximum absolute atomic E-state index is 6.19. The van der Waals surface area contributed by atoms with E-state index in [-0.39, 0.29) is 6.29 Å². The molecule has 1 aromatic carbocycles. The van der Waals surface area contributed by atoms with Crippen LogP contribution in [0.2, 0.25) is 13.1 Å². The van der Waals surface area contributed by atoms with Crippen LogP contribution >= 0.6 is 45.3 Å². The molecule has 37 heavy (non-hydrogen) atoms. The van der Waals surface area contributed by atoms with E-state index in [1.807, 2.05) is 34.0 Å². The summed E-state index contributed by atoms with van der Waals surface area (Å²) < 4.78 is 13.5. The molecule has 0 bridgehead atoms. The third kappa shape index (κ3) is 5.50. The molecule has 5 heterocycles. The lowest BCUT2D eigenvalue weighted by Crippen LogP contribution is -2.53. The first-order valence-electron chi connectivity index (χ1n) is 12.7. The Morgan fingerprint density at radius 3 is 2.11 bits per heavy atom. The van der Waals surface area contributed by atoms with Crippen molar-refractivity contribution in [1.82, 2.24) is 0 Å². The van der Waals surface area contributed by atoms with Crippen LogP contribution in [0.5, 0.6) is 0 Å². The average Bonchev–Trinajstić information content (AvgIpc) is 3.74. The molecule has 4 aromatic heterocycles. The monoisotopic (exact) mass is 578 g/mol. The summed E-state index contributed by atoms with van der Waals surface area (Å²) >= 11 is 7.56. The van der Waals surface area contributed by atoms with E-state index in [0.717, 1.165) is 19.4 Å². The highest BCUT2D eigenvalue weighted by Crippen LogP contribution is 2.42. The lowest BCUT2D eigenvalue weighted by molar-refractivity contribution is -0.168. The van der Waals surface area contributed by atoms with Crippen LogP contribution in [0, 0.1) is 0 Å². The van der Waals surface area contributed by atoms with Gasteiger partial charge >= 0.3 is 0 Å². The number of ether oxygens (including phenoxy) is 2. The Morgan fingerprint density at radius 2 is 1.43 bits per heavy atom. The molecule has 0 radical (unpaired) electrons. The molecule has 0 aliphatic carbocycles. The van der Waals surface area contributed by atoms with Crippen molar-refractivity contribution in [2.75, 3.05) is 6.61 Å². The van der Waals surface area contributed by atoms with Gasteiger partial charge in [0.15, 0.2) is 6.29 Å². The van der Waals surface area contributed by atoms with Gasteiger partial charge in [0.1, 0.15) is 8.07 Å². The molecular weight excluding hydrogens is 549 g/mol. The summed E-state index contributed by atoms with van der Waals surface area (Å²) in [6, 6.07) is 27.0. The Balaban J connectivity index is 1.21. The molecule has 1 unspecified atom stereocenters. The van der Waals surface area contributed by atoms with Gasteiger partial charge in [0, 0.05) is 35.9 Å². The first-order valence-corrected chi connectivity index (χ1v) is 19.1. The van der Waals surface area contributed by atoms with Crippen molar-refractivity contribution in [2.24, 2.45) is 0 Å². The third-order valence-corrected chi connectivity index (χ3v) is 16.5. The number of thiophene rings is 4. The maximum Gasteiger partial charge on any atom is 0.158 e. The topological polar surface area (TPSA) is 18.5 Å². The van der Waals surface area contributed by atoms with Gasteiger partial charge in [-0.25, -0.2) is 0 Å². The van der Waals surface area contributed by atoms with Crippen LogP contribution < -0.4 is 9.69 Å². The molecule has 0 saturated carbocycles. The molecule has 1 aliphatic heterocycles. The lowest BCUT2D eigenvalue weighted by atomic mass is 10.2. The Bertz CT molecular complexity index is 1450. The molecule has 1 fully saturated rings. The van der Waals surface area contributed by atoms with Gasteiger partial charge < -0.3 is 9.47 Å². The Kier molecular flexibility index (Phi) is 7.63. The summed E-state index contributed by atoms with van der Waals surface area (Å²) in [6.45, 7) is 6.38. The van der Waals surface area contributed by atoms with Crippen molar-refractivity contribution in [2.45, 2.75) is 45.3 Å². The van der Waals surface area contributed by atoms with Crippen LogP contribution in [0.1, 0.15) is 24.8 Å². The summed E-state index contributed by atoms with van der Waals surface area (Å²) in [5.41, 5.74) is 1.31. The zero-order chi connectivity index (χ0) is 25.2. The predicted molar refractivity (Wildman–Crippen MR) is 166 cm³/mol. The minimum absolute atomic E-state index is 0.0577. The lowest BCUT2D eigenvalue weighted by Gasteiger charge is -2.27. The van der Waals surface area contributed by atoms with Crippen molar-refractivity contribution in [3.8, 4) is 29.3 Å². The molecule has 1 aliphatic rings. The molecule has 6 rings (SSSR count).